The summed E-state index contributed by atoms with van der Waals surface area (Å²) in [7, 11) is 0. The van der Waals surface area contributed by atoms with Gasteiger partial charge in [0.05, 0.1) is 16.8 Å². The molecule has 0 aliphatic carbocycles. The van der Waals surface area contributed by atoms with E-state index in [2.05, 4.69) is 10.6 Å². The number of hydrogen-bond donors (Lipinski definition) is 3. The highest BCUT2D eigenvalue weighted by Crippen LogP contribution is 2.32. The minimum absolute atomic E-state index is 0.0249. The Morgan fingerprint density at radius 2 is 1.94 bits per heavy atom. The molecule has 1 fully saturated rings. The highest BCUT2D eigenvalue weighted by Gasteiger charge is 2.17. The summed E-state index contributed by atoms with van der Waals surface area (Å²) < 4.78 is 14.5. The highest BCUT2D eigenvalue weighted by atomic mass is 19.1. The summed E-state index contributed by atoms with van der Waals surface area (Å²) in [6, 6.07) is 19.1. The SMILES string of the molecule is N#Cc1ccc(-c2nc(NCC3CCNC3)nc3ccc(-c4cccc(C(N)=O)c4)cc23)cc1F. The van der Waals surface area contributed by atoms with Crippen LogP contribution in [0.3, 0.4) is 0 Å². The van der Waals surface area contributed by atoms with Gasteiger partial charge in [-0.25, -0.2) is 14.4 Å². The first kappa shape index (κ1) is 22.4. The van der Waals surface area contributed by atoms with Crippen molar-refractivity contribution in [1.29, 1.82) is 5.26 Å². The maximum atomic E-state index is 14.5. The first-order valence-electron chi connectivity index (χ1n) is 11.4. The number of primary amides is 1. The predicted octanol–water partition coefficient (Wildman–Crippen LogP) is 4.09. The molecule has 1 unspecified atom stereocenters. The fourth-order valence-electron chi connectivity index (χ4n) is 4.34. The molecule has 0 spiro atoms. The Morgan fingerprint density at radius 1 is 1.11 bits per heavy atom. The Kier molecular flexibility index (Phi) is 6.08. The molecule has 7 nitrogen and oxygen atoms in total. The van der Waals surface area contributed by atoms with Gasteiger partial charge in [0, 0.05) is 23.1 Å². The second kappa shape index (κ2) is 9.49. The average molecular weight is 467 g/mol. The number of benzene rings is 3. The van der Waals surface area contributed by atoms with E-state index >= 15 is 0 Å². The van der Waals surface area contributed by atoms with Crippen molar-refractivity contribution >= 4 is 22.8 Å². The summed E-state index contributed by atoms with van der Waals surface area (Å²) >= 11 is 0. The second-order valence-electron chi connectivity index (χ2n) is 8.62. The average Bonchev–Trinajstić information content (AvgIpc) is 3.40. The standard InChI is InChI=1S/C27H23FN6O/c28-23-12-19(4-5-21(23)13-29)25-22-11-18(17-2-1-3-20(10-17)26(30)35)6-7-24(22)33-27(34-25)32-15-16-8-9-31-14-16/h1-7,10-12,16,31H,8-9,14-15H2,(H2,30,35)(H,32,33,34). The van der Waals surface area contributed by atoms with Gasteiger partial charge < -0.3 is 16.4 Å². The number of anilines is 1. The third-order valence-corrected chi connectivity index (χ3v) is 6.25. The van der Waals surface area contributed by atoms with Crippen LogP contribution < -0.4 is 16.4 Å². The lowest BCUT2D eigenvalue weighted by Crippen LogP contribution is -2.18. The smallest absolute Gasteiger partial charge is 0.248 e. The number of fused-ring (bicyclic) bond motifs is 1. The fraction of sp³-hybridized carbons (Fsp3) is 0.185. The number of rotatable bonds is 6. The first-order chi connectivity index (χ1) is 17.0. The highest BCUT2D eigenvalue weighted by molar-refractivity contribution is 5.97. The van der Waals surface area contributed by atoms with Crippen LogP contribution in [0.15, 0.2) is 60.7 Å². The van der Waals surface area contributed by atoms with E-state index in [9.17, 15) is 9.18 Å². The third kappa shape index (κ3) is 4.67. The Hall–Kier alpha value is -4.35. The number of halogens is 1. The van der Waals surface area contributed by atoms with Gasteiger partial charge in [0.15, 0.2) is 0 Å². The van der Waals surface area contributed by atoms with E-state index in [0.717, 1.165) is 42.6 Å². The van der Waals surface area contributed by atoms with Crippen molar-refractivity contribution in [2.45, 2.75) is 6.42 Å². The number of amides is 1. The van der Waals surface area contributed by atoms with Gasteiger partial charge in [0.1, 0.15) is 11.9 Å². The van der Waals surface area contributed by atoms with Crippen molar-refractivity contribution in [3.05, 3.63) is 77.6 Å². The fourth-order valence-corrected chi connectivity index (χ4v) is 4.34. The second-order valence-corrected chi connectivity index (χ2v) is 8.62. The van der Waals surface area contributed by atoms with E-state index in [4.69, 9.17) is 21.0 Å². The maximum absolute atomic E-state index is 14.5. The summed E-state index contributed by atoms with van der Waals surface area (Å²) in [5.74, 6) is -0.149. The molecule has 1 atom stereocenters. The van der Waals surface area contributed by atoms with E-state index in [1.807, 2.05) is 30.3 Å². The molecule has 5 rings (SSSR count). The van der Waals surface area contributed by atoms with Crippen molar-refractivity contribution < 1.29 is 9.18 Å². The minimum Gasteiger partial charge on any atom is -0.366 e. The Bertz CT molecular complexity index is 1470. The van der Waals surface area contributed by atoms with Crippen LogP contribution in [0.2, 0.25) is 0 Å². The van der Waals surface area contributed by atoms with E-state index in [-0.39, 0.29) is 5.56 Å². The molecule has 0 bridgehead atoms. The van der Waals surface area contributed by atoms with Crippen LogP contribution in [-0.2, 0) is 0 Å². The Balaban J connectivity index is 1.62. The van der Waals surface area contributed by atoms with Gasteiger partial charge in [-0.05, 0) is 73.0 Å². The zero-order chi connectivity index (χ0) is 24.4. The lowest BCUT2D eigenvalue weighted by Gasteiger charge is -2.14. The van der Waals surface area contributed by atoms with Crippen LogP contribution in [0.1, 0.15) is 22.3 Å². The molecule has 0 saturated carbocycles. The molecule has 3 aromatic carbocycles. The molecule has 1 amide bonds. The van der Waals surface area contributed by atoms with Crippen molar-refractivity contribution in [2.24, 2.45) is 11.7 Å². The number of carbonyl (C=O) groups excluding carboxylic acids is 1. The summed E-state index contributed by atoms with van der Waals surface area (Å²) in [5, 5.41) is 16.5. The molecule has 1 aromatic heterocycles. The molecular weight excluding hydrogens is 443 g/mol. The molecule has 1 aliphatic rings. The van der Waals surface area contributed by atoms with E-state index < -0.39 is 11.7 Å². The lowest BCUT2D eigenvalue weighted by atomic mass is 9.98. The summed E-state index contributed by atoms with van der Waals surface area (Å²) in [4.78, 5) is 21.1. The van der Waals surface area contributed by atoms with Gasteiger partial charge in [-0.2, -0.15) is 5.26 Å². The number of hydrogen-bond acceptors (Lipinski definition) is 6. The van der Waals surface area contributed by atoms with Gasteiger partial charge in [-0.1, -0.05) is 24.3 Å². The third-order valence-electron chi connectivity index (χ3n) is 6.25. The van der Waals surface area contributed by atoms with E-state index in [0.29, 0.717) is 34.2 Å². The molecule has 1 aliphatic heterocycles. The topological polar surface area (TPSA) is 117 Å². The number of nitrogens with one attached hydrogen (secondary N) is 2. The molecule has 0 radical (unpaired) electrons. The van der Waals surface area contributed by atoms with Gasteiger partial charge in [0.25, 0.3) is 0 Å². The van der Waals surface area contributed by atoms with Crippen molar-refractivity contribution in [1.82, 2.24) is 15.3 Å². The van der Waals surface area contributed by atoms with Crippen LogP contribution >= 0.6 is 0 Å². The normalized spacial score (nSPS) is 15.1. The maximum Gasteiger partial charge on any atom is 0.248 e. The summed E-state index contributed by atoms with van der Waals surface area (Å²) in [6.07, 6.45) is 1.09. The number of nitrogens with two attached hydrogens (primary N) is 1. The predicted molar refractivity (Wildman–Crippen MR) is 133 cm³/mol. The number of carbonyl (C=O) groups is 1. The molecular formula is C27H23FN6O. The van der Waals surface area contributed by atoms with Gasteiger partial charge in [-0.3, -0.25) is 4.79 Å². The zero-order valence-electron chi connectivity index (χ0n) is 18.9. The molecule has 35 heavy (non-hydrogen) atoms. The van der Waals surface area contributed by atoms with Crippen LogP contribution in [-0.4, -0.2) is 35.5 Å². The van der Waals surface area contributed by atoms with E-state index in [1.54, 1.807) is 24.3 Å². The molecule has 4 N–H and O–H groups in total. The van der Waals surface area contributed by atoms with E-state index in [1.165, 1.54) is 12.1 Å². The summed E-state index contributed by atoms with van der Waals surface area (Å²) in [6.45, 7) is 2.68. The zero-order valence-corrected chi connectivity index (χ0v) is 18.9. The first-order valence-corrected chi connectivity index (χ1v) is 11.4. The minimum atomic E-state index is -0.603. The quantitative estimate of drug-likeness (QED) is 0.394. The number of nitriles is 1. The van der Waals surface area contributed by atoms with Crippen molar-refractivity contribution in [3.63, 3.8) is 0 Å². The molecule has 4 aromatic rings. The largest absolute Gasteiger partial charge is 0.366 e. The van der Waals surface area contributed by atoms with Crippen LogP contribution in [0.25, 0.3) is 33.3 Å². The summed E-state index contributed by atoms with van der Waals surface area (Å²) in [5.41, 5.74) is 9.29. The lowest BCUT2D eigenvalue weighted by molar-refractivity contribution is 0.100. The van der Waals surface area contributed by atoms with Gasteiger partial charge >= 0.3 is 0 Å². The van der Waals surface area contributed by atoms with Crippen LogP contribution in [0.5, 0.6) is 0 Å². The van der Waals surface area contributed by atoms with Crippen molar-refractivity contribution in [3.8, 4) is 28.5 Å². The Morgan fingerprint density at radius 3 is 2.69 bits per heavy atom. The van der Waals surface area contributed by atoms with Crippen LogP contribution in [0, 0.1) is 23.1 Å². The van der Waals surface area contributed by atoms with Crippen LogP contribution in [0.4, 0.5) is 10.3 Å². The number of aromatic nitrogens is 2. The van der Waals surface area contributed by atoms with Gasteiger partial charge in [0.2, 0.25) is 11.9 Å². The van der Waals surface area contributed by atoms with Crippen molar-refractivity contribution in [2.75, 3.05) is 25.0 Å². The number of nitrogens with zero attached hydrogens (tertiary/aromatic N) is 3. The molecule has 2 heterocycles. The molecule has 1 saturated heterocycles. The van der Waals surface area contributed by atoms with Gasteiger partial charge in [-0.15, -0.1) is 0 Å². The Labute approximate surface area is 201 Å². The molecule has 174 valence electrons. The molecule has 8 heteroatoms. The monoisotopic (exact) mass is 466 g/mol.